The first-order valence-corrected chi connectivity index (χ1v) is 7.74. The number of hydrogen-bond acceptors (Lipinski definition) is 6. The zero-order chi connectivity index (χ0) is 15.3. The maximum Gasteiger partial charge on any atom is 0.241 e. The van der Waals surface area contributed by atoms with Crippen LogP contribution in [0.5, 0.6) is 0 Å². The Balaban J connectivity index is 1.47. The van der Waals surface area contributed by atoms with E-state index in [0.717, 1.165) is 18.6 Å². The Morgan fingerprint density at radius 2 is 2.27 bits per heavy atom. The number of rotatable bonds is 4. The van der Waals surface area contributed by atoms with E-state index in [-0.39, 0.29) is 5.41 Å². The van der Waals surface area contributed by atoms with Crippen LogP contribution in [0.15, 0.2) is 27.5 Å². The molecule has 1 aliphatic carbocycles. The third kappa shape index (κ3) is 2.01. The highest BCUT2D eigenvalue weighted by Crippen LogP contribution is 2.54. The smallest absolute Gasteiger partial charge is 0.241 e. The molecule has 1 saturated heterocycles. The zero-order valence-corrected chi connectivity index (χ0v) is 13.2. The van der Waals surface area contributed by atoms with Crippen molar-refractivity contribution in [2.24, 2.45) is 11.3 Å². The van der Waals surface area contributed by atoms with Gasteiger partial charge in [0.15, 0.2) is 0 Å². The average Bonchev–Trinajstić information content (AvgIpc) is 3.17. The normalized spacial score (nSPS) is 29.5. The maximum absolute atomic E-state index is 5.86. The van der Waals surface area contributed by atoms with E-state index >= 15 is 0 Å². The molecule has 0 aromatic carbocycles. The predicted octanol–water partition coefficient (Wildman–Crippen LogP) is 2.57. The van der Waals surface area contributed by atoms with Gasteiger partial charge in [-0.25, -0.2) is 0 Å². The summed E-state index contributed by atoms with van der Waals surface area (Å²) >= 11 is 0. The maximum atomic E-state index is 5.86. The topological polar surface area (TPSA) is 64.5 Å². The fourth-order valence-corrected chi connectivity index (χ4v) is 4.33. The summed E-state index contributed by atoms with van der Waals surface area (Å²) in [5, 5.41) is 4.02. The van der Waals surface area contributed by atoms with E-state index in [1.165, 1.54) is 0 Å². The van der Waals surface area contributed by atoms with Gasteiger partial charge in [0.1, 0.15) is 6.26 Å². The van der Waals surface area contributed by atoms with Crippen molar-refractivity contribution in [3.63, 3.8) is 0 Å². The van der Waals surface area contributed by atoms with Crippen LogP contribution in [0.1, 0.15) is 26.2 Å². The lowest BCUT2D eigenvalue weighted by atomic mass is 9.57. The molecule has 3 heterocycles. The summed E-state index contributed by atoms with van der Waals surface area (Å²) in [6.07, 6.45) is 4.76. The number of nitrogens with zero attached hydrogens (tertiary/aromatic N) is 3. The van der Waals surface area contributed by atoms with Crippen molar-refractivity contribution in [3.05, 3.63) is 24.5 Å². The highest BCUT2D eigenvalue weighted by molar-refractivity contribution is 5.51. The van der Waals surface area contributed by atoms with Gasteiger partial charge in [0.2, 0.25) is 11.7 Å². The molecule has 1 saturated carbocycles. The molecule has 118 valence electrons. The Bertz CT molecular complexity index is 649. The van der Waals surface area contributed by atoms with Crippen molar-refractivity contribution in [1.82, 2.24) is 15.0 Å². The van der Waals surface area contributed by atoms with Gasteiger partial charge in [-0.05, 0) is 19.5 Å². The van der Waals surface area contributed by atoms with Gasteiger partial charge in [-0.1, -0.05) is 19.0 Å². The second-order valence-corrected chi connectivity index (χ2v) is 6.95. The number of hydrogen-bond donors (Lipinski definition) is 0. The monoisotopic (exact) mass is 303 g/mol. The van der Waals surface area contributed by atoms with Crippen molar-refractivity contribution in [2.75, 3.05) is 13.7 Å². The summed E-state index contributed by atoms with van der Waals surface area (Å²) < 4.78 is 16.3. The standard InChI is InChI=1S/C16H21N3O3/c1-16(2)13(11-5-7-21-14(11)16)19(3)8-12-17-15(18-22-12)10-4-6-20-9-10/h4,6,9,11,13-14H,5,7-8H2,1-3H3/t11-,13-,14-/m1/s1. The molecule has 4 rings (SSSR count). The van der Waals surface area contributed by atoms with Crippen LogP contribution < -0.4 is 0 Å². The average molecular weight is 303 g/mol. The molecular weight excluding hydrogens is 282 g/mol. The molecule has 6 nitrogen and oxygen atoms in total. The Morgan fingerprint density at radius 3 is 3.05 bits per heavy atom. The molecule has 0 amide bonds. The molecule has 0 bridgehead atoms. The van der Waals surface area contributed by atoms with E-state index in [1.54, 1.807) is 12.5 Å². The molecule has 1 aliphatic heterocycles. The van der Waals surface area contributed by atoms with Crippen LogP contribution in [-0.4, -0.2) is 40.8 Å². The van der Waals surface area contributed by atoms with Crippen molar-refractivity contribution in [2.45, 2.75) is 39.0 Å². The molecule has 2 fully saturated rings. The molecule has 2 aliphatic rings. The molecule has 0 spiro atoms. The molecule has 22 heavy (non-hydrogen) atoms. The lowest BCUT2D eigenvalue weighted by molar-refractivity contribution is -0.152. The van der Waals surface area contributed by atoms with Crippen LogP contribution in [0.2, 0.25) is 0 Å². The molecule has 3 atom stereocenters. The lowest BCUT2D eigenvalue weighted by Gasteiger charge is -2.57. The summed E-state index contributed by atoms with van der Waals surface area (Å²) in [4.78, 5) is 6.78. The number of furan rings is 1. The Morgan fingerprint density at radius 1 is 1.41 bits per heavy atom. The van der Waals surface area contributed by atoms with E-state index in [1.807, 2.05) is 6.07 Å². The van der Waals surface area contributed by atoms with Crippen LogP contribution in [0.3, 0.4) is 0 Å². The minimum atomic E-state index is 0.170. The lowest BCUT2D eigenvalue weighted by Crippen LogP contribution is -2.65. The van der Waals surface area contributed by atoms with Crippen molar-refractivity contribution >= 4 is 0 Å². The molecule has 0 unspecified atom stereocenters. The molecule has 6 heteroatoms. The Hall–Kier alpha value is -1.66. The van der Waals surface area contributed by atoms with Gasteiger partial charge >= 0.3 is 0 Å². The fraction of sp³-hybridized carbons (Fsp3) is 0.625. The summed E-state index contributed by atoms with van der Waals surface area (Å²) in [6.45, 7) is 6.10. The molecule has 0 N–H and O–H groups in total. The summed E-state index contributed by atoms with van der Waals surface area (Å²) in [7, 11) is 2.13. The largest absolute Gasteiger partial charge is 0.472 e. The van der Waals surface area contributed by atoms with Gasteiger partial charge in [-0.15, -0.1) is 0 Å². The van der Waals surface area contributed by atoms with Gasteiger partial charge in [0.25, 0.3) is 0 Å². The van der Waals surface area contributed by atoms with Gasteiger partial charge in [0, 0.05) is 24.0 Å². The van der Waals surface area contributed by atoms with Crippen LogP contribution in [-0.2, 0) is 11.3 Å². The molecule has 0 radical (unpaired) electrons. The minimum Gasteiger partial charge on any atom is -0.472 e. The van der Waals surface area contributed by atoms with Gasteiger partial charge in [0.05, 0.1) is 24.5 Å². The number of fused-ring (bicyclic) bond motifs is 1. The third-order valence-corrected chi connectivity index (χ3v) is 5.15. The molecular formula is C16H21N3O3. The minimum absolute atomic E-state index is 0.170. The first-order valence-electron chi connectivity index (χ1n) is 7.74. The SMILES string of the molecule is CN(Cc1nc(-c2ccoc2)no1)[C@@H]1[C@H]2CCO[C@H]2C1(C)C. The predicted molar refractivity (Wildman–Crippen MR) is 78.9 cm³/mol. The number of aromatic nitrogens is 2. The second kappa shape index (κ2) is 4.93. The molecule has 2 aromatic heterocycles. The van der Waals surface area contributed by atoms with Crippen LogP contribution in [0.4, 0.5) is 0 Å². The Kier molecular flexibility index (Phi) is 3.13. The van der Waals surface area contributed by atoms with E-state index in [4.69, 9.17) is 13.7 Å². The van der Waals surface area contributed by atoms with Crippen molar-refractivity contribution in [1.29, 1.82) is 0 Å². The summed E-state index contributed by atoms with van der Waals surface area (Å²) in [5.41, 5.74) is 1.01. The van der Waals surface area contributed by atoms with Gasteiger partial charge in [-0.2, -0.15) is 4.98 Å². The summed E-state index contributed by atoms with van der Waals surface area (Å²) in [6, 6.07) is 2.32. The van der Waals surface area contributed by atoms with Gasteiger partial charge < -0.3 is 13.7 Å². The van der Waals surface area contributed by atoms with E-state index in [0.29, 0.717) is 36.3 Å². The van der Waals surface area contributed by atoms with Crippen LogP contribution >= 0.6 is 0 Å². The first kappa shape index (κ1) is 14.0. The number of ether oxygens (including phenoxy) is 1. The third-order valence-electron chi connectivity index (χ3n) is 5.15. The quantitative estimate of drug-likeness (QED) is 0.865. The van der Waals surface area contributed by atoms with Gasteiger partial charge in [-0.3, -0.25) is 4.90 Å². The molecule has 2 aromatic rings. The van der Waals surface area contributed by atoms with Crippen molar-refractivity contribution < 1.29 is 13.7 Å². The highest BCUT2D eigenvalue weighted by Gasteiger charge is 2.60. The van der Waals surface area contributed by atoms with Crippen LogP contribution in [0, 0.1) is 11.3 Å². The first-order chi connectivity index (χ1) is 10.6. The van der Waals surface area contributed by atoms with E-state index in [9.17, 15) is 0 Å². The van der Waals surface area contributed by atoms with Crippen molar-refractivity contribution in [3.8, 4) is 11.4 Å². The van der Waals surface area contributed by atoms with E-state index < -0.39 is 0 Å². The van der Waals surface area contributed by atoms with Crippen LogP contribution in [0.25, 0.3) is 11.4 Å². The fourth-order valence-electron chi connectivity index (χ4n) is 4.33. The van der Waals surface area contributed by atoms with E-state index in [2.05, 4.69) is 35.9 Å². The zero-order valence-electron chi connectivity index (χ0n) is 13.2. The summed E-state index contributed by atoms with van der Waals surface area (Å²) in [5.74, 6) is 1.83. The second-order valence-electron chi connectivity index (χ2n) is 6.95. The highest BCUT2D eigenvalue weighted by atomic mass is 16.5. The Labute approximate surface area is 129 Å².